The van der Waals surface area contributed by atoms with Crippen LogP contribution in [-0.4, -0.2) is 39.3 Å². The highest BCUT2D eigenvalue weighted by Gasteiger charge is 2.17. The average molecular weight is 346 g/mol. The number of methoxy groups -OCH3 is 4. The van der Waals surface area contributed by atoms with E-state index in [-0.39, 0.29) is 12.3 Å². The Balaban J connectivity index is 2.09. The summed E-state index contributed by atoms with van der Waals surface area (Å²) in [6.45, 7) is 0. The Labute approximate surface area is 146 Å². The molecule has 0 saturated carbocycles. The fraction of sp³-hybridized carbons (Fsp3) is 0.333. The number of rotatable bonds is 8. The second-order valence-electron chi connectivity index (χ2n) is 5.10. The highest BCUT2D eigenvalue weighted by atomic mass is 16.5. The third-order valence-corrected chi connectivity index (χ3v) is 3.66. The Hall–Kier alpha value is -2.96. The zero-order valence-corrected chi connectivity index (χ0v) is 14.8. The molecule has 2 aromatic rings. The molecule has 7 heteroatoms. The van der Waals surface area contributed by atoms with Crippen LogP contribution in [0.15, 0.2) is 30.5 Å². The smallest absolute Gasteiger partial charge is 0.225 e. The third-order valence-electron chi connectivity index (χ3n) is 3.66. The Morgan fingerprint density at radius 2 is 1.68 bits per heavy atom. The van der Waals surface area contributed by atoms with E-state index in [9.17, 15) is 4.79 Å². The molecule has 0 unspecified atom stereocenters. The normalized spacial score (nSPS) is 10.1. The molecule has 0 saturated heterocycles. The number of aromatic nitrogens is 1. The molecule has 0 spiro atoms. The average Bonchev–Trinajstić information content (AvgIpc) is 2.65. The number of hydrogen-bond donors (Lipinski definition) is 1. The van der Waals surface area contributed by atoms with Crippen LogP contribution < -0.4 is 24.3 Å². The van der Waals surface area contributed by atoms with E-state index in [1.165, 1.54) is 7.11 Å². The Morgan fingerprint density at radius 3 is 2.32 bits per heavy atom. The number of hydrogen-bond acceptors (Lipinski definition) is 6. The number of nitrogens with zero attached hydrogens (tertiary/aromatic N) is 1. The molecule has 0 aliphatic carbocycles. The molecule has 134 valence electrons. The maximum atomic E-state index is 12.2. The minimum Gasteiger partial charge on any atom is -0.493 e. The summed E-state index contributed by atoms with van der Waals surface area (Å²) in [6, 6.07) is 7.12. The Morgan fingerprint density at radius 1 is 0.960 bits per heavy atom. The van der Waals surface area contributed by atoms with Crippen molar-refractivity contribution < 1.29 is 23.7 Å². The van der Waals surface area contributed by atoms with Crippen LogP contribution in [0.4, 0.5) is 5.82 Å². The third kappa shape index (κ3) is 4.32. The van der Waals surface area contributed by atoms with E-state index in [0.29, 0.717) is 35.2 Å². The van der Waals surface area contributed by atoms with Gasteiger partial charge in [0.05, 0.1) is 28.4 Å². The first-order valence-electron chi connectivity index (χ1n) is 7.71. The van der Waals surface area contributed by atoms with Crippen molar-refractivity contribution in [3.05, 3.63) is 36.0 Å². The lowest BCUT2D eigenvalue weighted by Crippen LogP contribution is -2.14. The van der Waals surface area contributed by atoms with Gasteiger partial charge in [-0.05, 0) is 30.2 Å². The van der Waals surface area contributed by atoms with Crippen LogP contribution >= 0.6 is 0 Å². The monoisotopic (exact) mass is 346 g/mol. The van der Waals surface area contributed by atoms with E-state index in [1.807, 2.05) is 6.07 Å². The Bertz CT molecular complexity index is 733. The number of aryl methyl sites for hydroxylation is 1. The highest BCUT2D eigenvalue weighted by Crippen LogP contribution is 2.40. The van der Waals surface area contributed by atoms with Gasteiger partial charge < -0.3 is 24.3 Å². The number of carbonyl (C=O) groups excluding carboxylic acids is 1. The van der Waals surface area contributed by atoms with E-state index in [2.05, 4.69) is 10.3 Å². The van der Waals surface area contributed by atoms with E-state index in [1.54, 1.807) is 45.7 Å². The summed E-state index contributed by atoms with van der Waals surface area (Å²) >= 11 is 0. The molecule has 1 N–H and O–H groups in total. The van der Waals surface area contributed by atoms with Gasteiger partial charge in [0.2, 0.25) is 11.7 Å². The lowest BCUT2D eigenvalue weighted by atomic mass is 10.1. The molecule has 0 aliphatic rings. The summed E-state index contributed by atoms with van der Waals surface area (Å²) in [5.74, 6) is 2.38. The molecule has 0 radical (unpaired) electrons. The summed E-state index contributed by atoms with van der Waals surface area (Å²) in [5, 5.41) is 2.75. The van der Waals surface area contributed by atoms with E-state index in [4.69, 9.17) is 18.9 Å². The molecule has 1 amide bonds. The van der Waals surface area contributed by atoms with Crippen LogP contribution in [-0.2, 0) is 11.2 Å². The molecule has 1 aromatic heterocycles. The van der Waals surface area contributed by atoms with Gasteiger partial charge in [-0.3, -0.25) is 4.79 Å². The standard InChI is InChI=1S/C18H22N2O5/c1-22-13-9-7-12(16(24-3)17(13)25-4)8-10-15(21)20-18-14(23-2)6-5-11-19-18/h5-7,9,11H,8,10H2,1-4H3,(H,19,20,21). The maximum absolute atomic E-state index is 12.2. The van der Waals surface area contributed by atoms with Gasteiger partial charge in [0.25, 0.3) is 0 Å². The van der Waals surface area contributed by atoms with Gasteiger partial charge in [-0.2, -0.15) is 0 Å². The highest BCUT2D eigenvalue weighted by molar-refractivity contribution is 5.91. The predicted octanol–water partition coefficient (Wildman–Crippen LogP) is 2.69. The SMILES string of the molecule is COc1cccnc1NC(=O)CCc1ccc(OC)c(OC)c1OC. The zero-order chi connectivity index (χ0) is 18.2. The topological polar surface area (TPSA) is 78.9 Å². The second-order valence-corrected chi connectivity index (χ2v) is 5.10. The summed E-state index contributed by atoms with van der Waals surface area (Å²) in [7, 11) is 6.19. The van der Waals surface area contributed by atoms with Crippen molar-refractivity contribution in [1.82, 2.24) is 4.98 Å². The van der Waals surface area contributed by atoms with Crippen LogP contribution in [0.1, 0.15) is 12.0 Å². The van der Waals surface area contributed by atoms with Crippen molar-refractivity contribution in [2.45, 2.75) is 12.8 Å². The zero-order valence-electron chi connectivity index (χ0n) is 14.8. The first-order valence-corrected chi connectivity index (χ1v) is 7.71. The van der Waals surface area contributed by atoms with Crippen LogP contribution in [0, 0.1) is 0 Å². The first-order chi connectivity index (χ1) is 12.1. The molecule has 0 fully saturated rings. The minimum absolute atomic E-state index is 0.172. The van der Waals surface area contributed by atoms with Crippen LogP contribution in [0.2, 0.25) is 0 Å². The molecular formula is C18H22N2O5. The molecule has 1 heterocycles. The number of benzene rings is 1. The minimum atomic E-state index is -0.172. The van der Waals surface area contributed by atoms with Gasteiger partial charge in [0.15, 0.2) is 23.1 Å². The maximum Gasteiger partial charge on any atom is 0.225 e. The molecule has 0 atom stereocenters. The van der Waals surface area contributed by atoms with Gasteiger partial charge in [-0.15, -0.1) is 0 Å². The van der Waals surface area contributed by atoms with E-state index >= 15 is 0 Å². The van der Waals surface area contributed by atoms with E-state index in [0.717, 1.165) is 5.56 Å². The van der Waals surface area contributed by atoms with Crippen LogP contribution in [0.3, 0.4) is 0 Å². The van der Waals surface area contributed by atoms with Crippen molar-refractivity contribution >= 4 is 11.7 Å². The molecule has 7 nitrogen and oxygen atoms in total. The molecule has 0 bridgehead atoms. The summed E-state index contributed by atoms with van der Waals surface area (Å²) in [6.07, 6.45) is 2.32. The fourth-order valence-electron chi connectivity index (χ4n) is 2.45. The van der Waals surface area contributed by atoms with Gasteiger partial charge in [-0.1, -0.05) is 6.07 Å². The number of ether oxygens (including phenoxy) is 4. The predicted molar refractivity (Wildman–Crippen MR) is 93.8 cm³/mol. The number of anilines is 1. The van der Waals surface area contributed by atoms with Crippen molar-refractivity contribution in [3.63, 3.8) is 0 Å². The van der Waals surface area contributed by atoms with Gasteiger partial charge in [0.1, 0.15) is 0 Å². The molecule has 25 heavy (non-hydrogen) atoms. The number of nitrogens with one attached hydrogen (secondary N) is 1. The van der Waals surface area contributed by atoms with Crippen molar-refractivity contribution in [3.8, 4) is 23.0 Å². The largest absolute Gasteiger partial charge is 0.493 e. The van der Waals surface area contributed by atoms with Crippen molar-refractivity contribution in [2.24, 2.45) is 0 Å². The number of pyridine rings is 1. The molecular weight excluding hydrogens is 324 g/mol. The first kappa shape index (κ1) is 18.4. The van der Waals surface area contributed by atoms with Crippen molar-refractivity contribution in [2.75, 3.05) is 33.8 Å². The van der Waals surface area contributed by atoms with Crippen molar-refractivity contribution in [1.29, 1.82) is 0 Å². The lowest BCUT2D eigenvalue weighted by Gasteiger charge is -2.15. The van der Waals surface area contributed by atoms with E-state index < -0.39 is 0 Å². The van der Waals surface area contributed by atoms with Gasteiger partial charge in [-0.25, -0.2) is 4.98 Å². The summed E-state index contributed by atoms with van der Waals surface area (Å²) in [4.78, 5) is 16.3. The summed E-state index contributed by atoms with van der Waals surface area (Å²) in [5.41, 5.74) is 0.850. The molecule has 2 rings (SSSR count). The summed E-state index contributed by atoms with van der Waals surface area (Å²) < 4.78 is 21.2. The second kappa shape index (κ2) is 8.77. The van der Waals surface area contributed by atoms with Crippen LogP contribution in [0.5, 0.6) is 23.0 Å². The van der Waals surface area contributed by atoms with Crippen LogP contribution in [0.25, 0.3) is 0 Å². The molecule has 1 aromatic carbocycles. The lowest BCUT2D eigenvalue weighted by molar-refractivity contribution is -0.116. The van der Waals surface area contributed by atoms with Gasteiger partial charge in [0, 0.05) is 12.6 Å². The van der Waals surface area contributed by atoms with Gasteiger partial charge >= 0.3 is 0 Å². The fourth-order valence-corrected chi connectivity index (χ4v) is 2.45. The quantitative estimate of drug-likeness (QED) is 0.792. The number of carbonyl (C=O) groups is 1. The Kier molecular flexibility index (Phi) is 6.45. The number of amides is 1. The molecule has 0 aliphatic heterocycles.